The highest BCUT2D eigenvalue weighted by atomic mass is 16.6. The number of carbonyl (C=O) groups excluding carboxylic acids is 3. The Morgan fingerprint density at radius 2 is 1.71 bits per heavy atom. The van der Waals surface area contributed by atoms with Crippen molar-refractivity contribution in [3.63, 3.8) is 0 Å². The van der Waals surface area contributed by atoms with E-state index in [0.717, 1.165) is 10.6 Å². The number of nitrogens with one attached hydrogen (secondary N) is 1. The maximum atomic E-state index is 12.4. The topological polar surface area (TPSA) is 110 Å². The van der Waals surface area contributed by atoms with E-state index in [1.165, 1.54) is 18.2 Å². The Kier molecular flexibility index (Phi) is 5.78. The van der Waals surface area contributed by atoms with E-state index in [1.54, 1.807) is 12.1 Å². The summed E-state index contributed by atoms with van der Waals surface area (Å²) in [6.07, 6.45) is 2.13. The van der Waals surface area contributed by atoms with Crippen molar-refractivity contribution in [2.24, 2.45) is 0 Å². The fourth-order valence-electron chi connectivity index (χ4n) is 3.15. The van der Waals surface area contributed by atoms with Crippen LogP contribution >= 0.6 is 0 Å². The Bertz CT molecular complexity index is 927. The quantitative estimate of drug-likeness (QED) is 0.326. The third kappa shape index (κ3) is 4.06. The molecule has 8 heteroatoms. The zero-order chi connectivity index (χ0) is 20.1. The molecule has 0 radical (unpaired) electrons. The number of unbranched alkanes of at least 4 members (excludes halogenated alkanes) is 2. The number of nitro groups is 1. The average Bonchev–Trinajstić information content (AvgIpc) is 2.93. The highest BCUT2D eigenvalue weighted by Gasteiger charge is 2.40. The number of imide groups is 1. The first-order chi connectivity index (χ1) is 13.5. The van der Waals surface area contributed by atoms with Crippen LogP contribution in [0.2, 0.25) is 0 Å². The highest BCUT2D eigenvalue weighted by molar-refractivity contribution is 6.23. The lowest BCUT2D eigenvalue weighted by Crippen LogP contribution is -2.30. The SMILES string of the molecule is O=C(CCCCCN1C(=O)c2cccc([N+](=O)[O-])c2C1=O)Nc1ccccc1. The van der Waals surface area contributed by atoms with Gasteiger partial charge in [-0.1, -0.05) is 30.7 Å². The third-order valence-corrected chi connectivity index (χ3v) is 4.52. The lowest BCUT2D eigenvalue weighted by molar-refractivity contribution is -0.385. The number of benzene rings is 2. The minimum atomic E-state index is -0.654. The molecule has 0 saturated carbocycles. The minimum absolute atomic E-state index is 0.0708. The predicted octanol–water partition coefficient (Wildman–Crippen LogP) is 3.39. The molecule has 8 nitrogen and oxygen atoms in total. The lowest BCUT2D eigenvalue weighted by Gasteiger charge is -2.13. The van der Waals surface area contributed by atoms with Crippen molar-refractivity contribution >= 4 is 29.1 Å². The molecule has 3 rings (SSSR count). The monoisotopic (exact) mass is 381 g/mol. The Balaban J connectivity index is 1.47. The van der Waals surface area contributed by atoms with Crippen LogP contribution in [0.3, 0.4) is 0 Å². The van der Waals surface area contributed by atoms with Gasteiger partial charge in [0.15, 0.2) is 0 Å². The maximum absolute atomic E-state index is 12.4. The van der Waals surface area contributed by atoms with Crippen LogP contribution in [0.25, 0.3) is 0 Å². The van der Waals surface area contributed by atoms with Gasteiger partial charge < -0.3 is 5.32 Å². The number of nitrogens with zero attached hydrogens (tertiary/aromatic N) is 2. The van der Waals surface area contributed by atoms with Crippen molar-refractivity contribution in [3.8, 4) is 0 Å². The molecule has 28 heavy (non-hydrogen) atoms. The molecule has 0 unspecified atom stereocenters. The maximum Gasteiger partial charge on any atom is 0.282 e. The van der Waals surface area contributed by atoms with Crippen molar-refractivity contribution in [1.29, 1.82) is 0 Å². The van der Waals surface area contributed by atoms with Crippen LogP contribution < -0.4 is 5.32 Å². The van der Waals surface area contributed by atoms with Crippen LogP contribution in [-0.4, -0.2) is 34.1 Å². The van der Waals surface area contributed by atoms with Gasteiger partial charge in [-0.3, -0.25) is 29.4 Å². The average molecular weight is 381 g/mol. The van der Waals surface area contributed by atoms with Crippen molar-refractivity contribution in [3.05, 3.63) is 69.8 Å². The number of amides is 3. The van der Waals surface area contributed by atoms with Gasteiger partial charge in [0.2, 0.25) is 5.91 Å². The van der Waals surface area contributed by atoms with Gasteiger partial charge >= 0.3 is 0 Å². The second kappa shape index (κ2) is 8.43. The molecule has 3 amide bonds. The van der Waals surface area contributed by atoms with Gasteiger partial charge in [-0.15, -0.1) is 0 Å². The van der Waals surface area contributed by atoms with Crippen molar-refractivity contribution in [2.45, 2.75) is 25.7 Å². The van der Waals surface area contributed by atoms with E-state index in [0.29, 0.717) is 25.7 Å². The van der Waals surface area contributed by atoms with Gasteiger partial charge in [-0.2, -0.15) is 0 Å². The summed E-state index contributed by atoms with van der Waals surface area (Å²) >= 11 is 0. The smallest absolute Gasteiger partial charge is 0.282 e. The van der Waals surface area contributed by atoms with Gasteiger partial charge in [0.25, 0.3) is 17.5 Å². The van der Waals surface area contributed by atoms with E-state index in [-0.39, 0.29) is 29.3 Å². The number of hydrogen-bond donors (Lipinski definition) is 1. The Hall–Kier alpha value is -3.55. The zero-order valence-electron chi connectivity index (χ0n) is 15.1. The summed E-state index contributed by atoms with van der Waals surface area (Å²) in [7, 11) is 0. The number of para-hydroxylation sites is 1. The minimum Gasteiger partial charge on any atom is -0.326 e. The van der Waals surface area contributed by atoms with Gasteiger partial charge in [-0.25, -0.2) is 0 Å². The largest absolute Gasteiger partial charge is 0.326 e. The van der Waals surface area contributed by atoms with E-state index >= 15 is 0 Å². The summed E-state index contributed by atoms with van der Waals surface area (Å²) in [6.45, 7) is 0.170. The standard InChI is InChI=1S/C20H19N3O5/c24-17(21-14-8-3-1-4-9-14)12-5-2-6-13-22-19(25)15-10-7-11-16(23(27)28)18(15)20(22)26/h1,3-4,7-11H,2,5-6,12-13H2,(H,21,24). The van der Waals surface area contributed by atoms with Crippen LogP contribution in [0.1, 0.15) is 46.4 Å². The molecule has 0 aliphatic carbocycles. The Labute approximate surface area is 161 Å². The number of hydrogen-bond acceptors (Lipinski definition) is 5. The van der Waals surface area contributed by atoms with Crippen LogP contribution in [0.5, 0.6) is 0 Å². The van der Waals surface area contributed by atoms with Crippen LogP contribution in [0, 0.1) is 10.1 Å². The molecule has 1 aliphatic heterocycles. The van der Waals surface area contributed by atoms with E-state index < -0.39 is 16.7 Å². The Morgan fingerprint density at radius 1 is 0.964 bits per heavy atom. The normalized spacial score (nSPS) is 12.8. The molecule has 1 heterocycles. The molecular weight excluding hydrogens is 362 g/mol. The molecular formula is C20H19N3O5. The summed E-state index contributed by atoms with van der Waals surface area (Å²) in [5.41, 5.74) is 0.317. The summed E-state index contributed by atoms with van der Waals surface area (Å²) in [5.74, 6) is -1.23. The van der Waals surface area contributed by atoms with Gasteiger partial charge in [0.05, 0.1) is 10.5 Å². The molecule has 1 aliphatic rings. The van der Waals surface area contributed by atoms with Crippen LogP contribution in [0.4, 0.5) is 11.4 Å². The van der Waals surface area contributed by atoms with Gasteiger partial charge in [0, 0.05) is 24.7 Å². The van der Waals surface area contributed by atoms with E-state index in [1.807, 2.05) is 18.2 Å². The fourth-order valence-corrected chi connectivity index (χ4v) is 3.15. The third-order valence-electron chi connectivity index (χ3n) is 4.52. The summed E-state index contributed by atoms with van der Waals surface area (Å²) in [5, 5.41) is 13.9. The molecule has 2 aromatic rings. The highest BCUT2D eigenvalue weighted by Crippen LogP contribution is 2.30. The first-order valence-electron chi connectivity index (χ1n) is 8.97. The summed E-state index contributed by atoms with van der Waals surface area (Å²) < 4.78 is 0. The molecule has 144 valence electrons. The molecule has 0 bridgehead atoms. The van der Waals surface area contributed by atoms with Gasteiger partial charge in [-0.05, 0) is 31.0 Å². The van der Waals surface area contributed by atoms with E-state index in [2.05, 4.69) is 5.32 Å². The number of fused-ring (bicyclic) bond motifs is 1. The lowest BCUT2D eigenvalue weighted by atomic mass is 10.1. The second-order valence-electron chi connectivity index (χ2n) is 6.44. The summed E-state index contributed by atoms with van der Waals surface area (Å²) in [4.78, 5) is 48.2. The first kappa shape index (κ1) is 19.2. The van der Waals surface area contributed by atoms with Crippen LogP contribution in [0.15, 0.2) is 48.5 Å². The number of nitro benzene ring substituents is 1. The zero-order valence-corrected chi connectivity index (χ0v) is 15.1. The van der Waals surface area contributed by atoms with E-state index in [9.17, 15) is 24.5 Å². The number of anilines is 1. The molecule has 0 atom stereocenters. The van der Waals surface area contributed by atoms with Crippen LogP contribution in [-0.2, 0) is 4.79 Å². The molecule has 0 fully saturated rings. The number of carbonyl (C=O) groups is 3. The summed E-state index contributed by atoms with van der Waals surface area (Å²) in [6, 6.07) is 13.2. The molecule has 2 aromatic carbocycles. The Morgan fingerprint density at radius 3 is 2.43 bits per heavy atom. The van der Waals surface area contributed by atoms with E-state index in [4.69, 9.17) is 0 Å². The number of rotatable bonds is 8. The van der Waals surface area contributed by atoms with Crippen molar-refractivity contribution in [1.82, 2.24) is 4.90 Å². The van der Waals surface area contributed by atoms with Crippen molar-refractivity contribution in [2.75, 3.05) is 11.9 Å². The fraction of sp³-hybridized carbons (Fsp3) is 0.250. The molecule has 1 N–H and O–H groups in total. The predicted molar refractivity (Wildman–Crippen MR) is 102 cm³/mol. The molecule has 0 saturated heterocycles. The van der Waals surface area contributed by atoms with Crippen molar-refractivity contribution < 1.29 is 19.3 Å². The molecule has 0 aromatic heterocycles. The second-order valence-corrected chi connectivity index (χ2v) is 6.44. The molecule has 0 spiro atoms. The van der Waals surface area contributed by atoms with Gasteiger partial charge in [0.1, 0.15) is 5.56 Å². The first-order valence-corrected chi connectivity index (χ1v) is 8.97.